The summed E-state index contributed by atoms with van der Waals surface area (Å²) in [5.41, 5.74) is -2.45. The highest BCUT2D eigenvalue weighted by Crippen LogP contribution is 2.44. The number of hydrogen-bond acceptors (Lipinski definition) is 7. The number of aliphatic carboxylic acids is 1. The minimum absolute atomic E-state index is 0.0781. The van der Waals surface area contributed by atoms with Crippen LogP contribution in [0.4, 0.5) is 23.7 Å². The van der Waals surface area contributed by atoms with Crippen molar-refractivity contribution in [2.45, 2.75) is 62.4 Å². The van der Waals surface area contributed by atoms with Crippen LogP contribution in [0.3, 0.4) is 0 Å². The molecule has 0 spiro atoms. The molecule has 2 aromatic carbocycles. The Morgan fingerprint density at radius 1 is 1.07 bits per heavy atom. The summed E-state index contributed by atoms with van der Waals surface area (Å²) in [5, 5.41) is 17.8. The third-order valence-electron chi connectivity index (χ3n) is 6.60. The third-order valence-corrected chi connectivity index (χ3v) is 8.41. The molecule has 15 heteroatoms. The molecule has 1 N–H and O–H groups in total. The Morgan fingerprint density at radius 3 is 2.19 bits per heavy atom. The van der Waals surface area contributed by atoms with Gasteiger partial charge in [0.25, 0.3) is 0 Å². The Labute approximate surface area is 240 Å². The number of carbonyl (C=O) groups is 2. The number of benzene rings is 2. The molecule has 11 nitrogen and oxygen atoms in total. The van der Waals surface area contributed by atoms with Gasteiger partial charge in [0.05, 0.1) is 28.9 Å². The van der Waals surface area contributed by atoms with Crippen molar-refractivity contribution in [1.82, 2.24) is 19.3 Å². The van der Waals surface area contributed by atoms with Crippen LogP contribution in [0, 0.1) is 0 Å². The second-order valence-electron chi connectivity index (χ2n) is 11.1. The zero-order chi connectivity index (χ0) is 31.3. The van der Waals surface area contributed by atoms with Gasteiger partial charge in [0.15, 0.2) is 5.54 Å². The number of sulfonamides is 1. The van der Waals surface area contributed by atoms with Gasteiger partial charge in [-0.05, 0) is 69.5 Å². The number of hydrogen-bond donors (Lipinski definition) is 1. The lowest BCUT2D eigenvalue weighted by Gasteiger charge is -2.29. The van der Waals surface area contributed by atoms with Gasteiger partial charge in [-0.15, -0.1) is 5.10 Å². The number of carbonyl (C=O) groups excluding carboxylic acids is 1. The van der Waals surface area contributed by atoms with Crippen molar-refractivity contribution in [3.63, 3.8) is 0 Å². The lowest BCUT2D eigenvalue weighted by atomic mass is 10.1. The molecule has 1 fully saturated rings. The molecule has 0 aliphatic heterocycles. The maximum absolute atomic E-state index is 13.5. The quantitative estimate of drug-likeness (QED) is 0.387. The summed E-state index contributed by atoms with van der Waals surface area (Å²) in [6.45, 7) is 4.68. The van der Waals surface area contributed by atoms with Crippen LogP contribution in [0.25, 0.3) is 11.3 Å². The summed E-state index contributed by atoms with van der Waals surface area (Å²) in [7, 11) is -1.26. The summed E-state index contributed by atoms with van der Waals surface area (Å²) in [6.07, 6.45) is -3.40. The van der Waals surface area contributed by atoms with Gasteiger partial charge in [0, 0.05) is 19.7 Å². The van der Waals surface area contributed by atoms with E-state index in [0.717, 1.165) is 21.3 Å². The molecular weight excluding hydrogens is 579 g/mol. The predicted molar refractivity (Wildman–Crippen MR) is 145 cm³/mol. The van der Waals surface area contributed by atoms with Crippen LogP contribution in [-0.4, -0.2) is 64.6 Å². The Balaban J connectivity index is 1.87. The molecule has 0 radical (unpaired) electrons. The molecule has 1 saturated carbocycles. The number of aromatic nitrogens is 3. The highest BCUT2D eigenvalue weighted by Gasteiger charge is 2.53. The first-order chi connectivity index (χ1) is 19.3. The van der Waals surface area contributed by atoms with E-state index in [4.69, 9.17) is 4.74 Å². The molecule has 0 atom stereocenters. The van der Waals surface area contributed by atoms with E-state index in [2.05, 4.69) is 10.3 Å². The molecule has 3 aromatic rings. The Hall–Kier alpha value is -3.98. The molecule has 226 valence electrons. The predicted octanol–water partition coefficient (Wildman–Crippen LogP) is 4.73. The number of halogens is 3. The van der Waals surface area contributed by atoms with Crippen molar-refractivity contribution >= 4 is 27.8 Å². The van der Waals surface area contributed by atoms with E-state index in [1.54, 1.807) is 20.8 Å². The Bertz CT molecular complexity index is 1610. The second kappa shape index (κ2) is 10.7. The number of amides is 1. The number of nitrogens with zero attached hydrogens (tertiary/aromatic N) is 5. The van der Waals surface area contributed by atoms with Gasteiger partial charge in [-0.2, -0.15) is 13.2 Å². The first kappa shape index (κ1) is 31.0. The van der Waals surface area contributed by atoms with Crippen LogP contribution in [-0.2, 0) is 37.8 Å². The van der Waals surface area contributed by atoms with Crippen molar-refractivity contribution in [3.05, 3.63) is 59.8 Å². The maximum Gasteiger partial charge on any atom is 0.416 e. The van der Waals surface area contributed by atoms with Crippen molar-refractivity contribution in [1.29, 1.82) is 0 Å². The van der Waals surface area contributed by atoms with E-state index in [-0.39, 0.29) is 28.4 Å². The molecule has 0 unspecified atom stereocenters. The Kier molecular flexibility index (Phi) is 7.88. The van der Waals surface area contributed by atoms with Crippen LogP contribution >= 0.6 is 0 Å². The second-order valence-corrected chi connectivity index (χ2v) is 13.3. The number of anilines is 1. The SMILES string of the molecule is CN(C)S(=O)(=O)c1ccc(N(Cc2ccc(C(F)(F)F)cc2)C(=O)OC(C)(C)C)c(-c2cn(C3(C(=O)O)CC3)nn2)c1. The van der Waals surface area contributed by atoms with Gasteiger partial charge in [-0.3, -0.25) is 4.90 Å². The lowest BCUT2D eigenvalue weighted by Crippen LogP contribution is -2.37. The van der Waals surface area contributed by atoms with Gasteiger partial charge in [0.1, 0.15) is 11.3 Å². The van der Waals surface area contributed by atoms with Gasteiger partial charge >= 0.3 is 18.2 Å². The average Bonchev–Trinajstić information content (AvgIpc) is 3.55. The van der Waals surface area contributed by atoms with E-state index in [9.17, 15) is 36.3 Å². The molecule has 1 aliphatic carbocycles. The van der Waals surface area contributed by atoms with Crippen LogP contribution in [0.1, 0.15) is 44.7 Å². The minimum atomic E-state index is -4.55. The molecule has 42 heavy (non-hydrogen) atoms. The number of alkyl halides is 3. The van der Waals surface area contributed by atoms with Crippen LogP contribution < -0.4 is 4.90 Å². The van der Waals surface area contributed by atoms with Gasteiger partial charge in [-0.1, -0.05) is 17.3 Å². The Morgan fingerprint density at radius 2 is 1.69 bits per heavy atom. The van der Waals surface area contributed by atoms with Crippen molar-refractivity contribution in [3.8, 4) is 11.3 Å². The van der Waals surface area contributed by atoms with Gasteiger partial charge in [0.2, 0.25) is 10.0 Å². The number of ether oxygens (including phenoxy) is 1. The molecule has 1 aliphatic rings. The highest BCUT2D eigenvalue weighted by molar-refractivity contribution is 7.89. The smallest absolute Gasteiger partial charge is 0.416 e. The highest BCUT2D eigenvalue weighted by atomic mass is 32.2. The topological polar surface area (TPSA) is 135 Å². The first-order valence-corrected chi connectivity index (χ1v) is 14.2. The van der Waals surface area contributed by atoms with Gasteiger partial charge < -0.3 is 9.84 Å². The van der Waals surface area contributed by atoms with Crippen LogP contribution in [0.5, 0.6) is 0 Å². The van der Waals surface area contributed by atoms with Gasteiger partial charge in [-0.25, -0.2) is 27.0 Å². The van der Waals surface area contributed by atoms with E-state index in [1.165, 1.54) is 55.3 Å². The fourth-order valence-corrected chi connectivity index (χ4v) is 5.06. The molecular formula is C27H30F3N5O6S. The van der Waals surface area contributed by atoms with Crippen LogP contribution in [0.2, 0.25) is 0 Å². The molecule has 0 saturated heterocycles. The van der Waals surface area contributed by atoms with Crippen molar-refractivity contribution in [2.75, 3.05) is 19.0 Å². The summed E-state index contributed by atoms with van der Waals surface area (Å²) in [5.74, 6) is -1.10. The minimum Gasteiger partial charge on any atom is -0.479 e. The molecule has 1 amide bonds. The summed E-state index contributed by atoms with van der Waals surface area (Å²) in [4.78, 5) is 26.4. The summed E-state index contributed by atoms with van der Waals surface area (Å²) in [6, 6.07) is 8.16. The summed E-state index contributed by atoms with van der Waals surface area (Å²) < 4.78 is 73.2. The molecule has 1 aromatic heterocycles. The number of rotatable bonds is 8. The third kappa shape index (κ3) is 6.26. The van der Waals surface area contributed by atoms with E-state index in [1.807, 2.05) is 0 Å². The maximum atomic E-state index is 13.5. The number of carboxylic acid groups (broad SMARTS) is 1. The zero-order valence-electron chi connectivity index (χ0n) is 23.5. The van der Waals surface area contributed by atoms with Crippen LogP contribution in [0.15, 0.2) is 53.6 Å². The standard InChI is InChI=1S/C27H30F3N5O6S/c1-25(2,3)41-24(38)34(15-17-6-8-18(9-7-17)27(28,29)30)22-11-10-19(42(39,40)33(4)5)14-20(22)21-16-35(32-31-21)26(12-13-26)23(36)37/h6-11,14,16H,12-13,15H2,1-5H3,(H,36,37). The first-order valence-electron chi connectivity index (χ1n) is 12.7. The van der Waals surface area contributed by atoms with Crippen molar-refractivity contribution in [2.24, 2.45) is 0 Å². The number of carboxylic acids is 1. The normalized spacial score (nSPS) is 15.0. The van der Waals surface area contributed by atoms with E-state index >= 15 is 0 Å². The monoisotopic (exact) mass is 609 g/mol. The summed E-state index contributed by atoms with van der Waals surface area (Å²) >= 11 is 0. The molecule has 4 rings (SSSR count). The average molecular weight is 610 g/mol. The molecule has 1 heterocycles. The fourth-order valence-electron chi connectivity index (χ4n) is 4.13. The molecule has 0 bridgehead atoms. The van der Waals surface area contributed by atoms with Crippen molar-refractivity contribution < 1.29 is 41.0 Å². The fraction of sp³-hybridized carbons (Fsp3) is 0.407. The lowest BCUT2D eigenvalue weighted by molar-refractivity contribution is -0.143. The van der Waals surface area contributed by atoms with E-state index < -0.39 is 45.0 Å². The zero-order valence-corrected chi connectivity index (χ0v) is 24.3. The largest absolute Gasteiger partial charge is 0.479 e. The van der Waals surface area contributed by atoms with E-state index in [0.29, 0.717) is 18.4 Å².